The number of ether oxygens (including phenoxy) is 3. The Balaban J connectivity index is 1.19. The summed E-state index contributed by atoms with van der Waals surface area (Å²) in [5.41, 5.74) is 2.79. The number of hydrogen-bond acceptors (Lipinski definition) is 7. The highest BCUT2D eigenvalue weighted by Crippen LogP contribution is 2.33. The second-order valence-corrected chi connectivity index (χ2v) is 8.27. The number of aryl methyl sites for hydroxylation is 2. The summed E-state index contributed by atoms with van der Waals surface area (Å²) in [7, 11) is 0. The molecular formula is C25H25N3O6. The smallest absolute Gasteiger partial charge is 0.254 e. The van der Waals surface area contributed by atoms with Gasteiger partial charge in [0.15, 0.2) is 11.5 Å². The summed E-state index contributed by atoms with van der Waals surface area (Å²) in [5.74, 6) is 2.37. The fraction of sp³-hybridized carbons (Fsp3) is 0.320. The lowest BCUT2D eigenvalue weighted by Gasteiger charge is -2.35. The third-order valence-electron chi connectivity index (χ3n) is 6.12. The Kier molecular flexibility index (Phi) is 5.83. The number of hydrogen-bond donors (Lipinski definition) is 0. The van der Waals surface area contributed by atoms with Crippen LogP contribution in [-0.2, 0) is 6.61 Å². The molecule has 3 aromatic rings. The normalized spacial score (nSPS) is 14.9. The molecule has 0 atom stereocenters. The Morgan fingerprint density at radius 3 is 2.26 bits per heavy atom. The number of benzene rings is 2. The molecule has 2 aliphatic heterocycles. The van der Waals surface area contributed by atoms with Gasteiger partial charge in [-0.3, -0.25) is 9.59 Å². The largest absolute Gasteiger partial charge is 0.489 e. The van der Waals surface area contributed by atoms with Crippen LogP contribution in [0.4, 0.5) is 0 Å². The van der Waals surface area contributed by atoms with E-state index in [9.17, 15) is 9.59 Å². The Labute approximate surface area is 196 Å². The molecule has 176 valence electrons. The van der Waals surface area contributed by atoms with Crippen LogP contribution in [0.2, 0.25) is 0 Å². The lowest BCUT2D eigenvalue weighted by molar-refractivity contribution is 0.0535. The maximum Gasteiger partial charge on any atom is 0.254 e. The van der Waals surface area contributed by atoms with E-state index in [1.165, 1.54) is 0 Å². The molecule has 0 bridgehead atoms. The Hall–Kier alpha value is -4.01. The van der Waals surface area contributed by atoms with Crippen molar-refractivity contribution in [3.63, 3.8) is 0 Å². The first-order valence-corrected chi connectivity index (χ1v) is 11.1. The van der Waals surface area contributed by atoms with Crippen molar-refractivity contribution in [1.29, 1.82) is 0 Å². The van der Waals surface area contributed by atoms with Crippen LogP contribution in [-0.4, -0.2) is 59.7 Å². The summed E-state index contributed by atoms with van der Waals surface area (Å²) in [6.07, 6.45) is 0. The Morgan fingerprint density at radius 1 is 0.912 bits per heavy atom. The number of fused-ring (bicyclic) bond motifs is 1. The number of nitrogens with zero attached hydrogens (tertiary/aromatic N) is 3. The van der Waals surface area contributed by atoms with E-state index < -0.39 is 0 Å². The number of amides is 2. The summed E-state index contributed by atoms with van der Waals surface area (Å²) in [4.78, 5) is 29.5. The molecule has 34 heavy (non-hydrogen) atoms. The molecule has 1 aromatic heterocycles. The van der Waals surface area contributed by atoms with Crippen molar-refractivity contribution >= 4 is 11.8 Å². The third-order valence-corrected chi connectivity index (χ3v) is 6.12. The SMILES string of the molecule is Cc1noc(C)c1COc1cccc(C(=O)N2CCN(C(=O)c3ccc4c(c3)OCO4)CC2)c1. The summed E-state index contributed by atoms with van der Waals surface area (Å²) >= 11 is 0. The molecule has 0 radical (unpaired) electrons. The summed E-state index contributed by atoms with van der Waals surface area (Å²) in [6, 6.07) is 12.3. The van der Waals surface area contributed by atoms with Gasteiger partial charge in [0.25, 0.3) is 11.8 Å². The van der Waals surface area contributed by atoms with Crippen molar-refractivity contribution in [2.75, 3.05) is 33.0 Å². The average molecular weight is 463 g/mol. The number of rotatable bonds is 5. The first-order chi connectivity index (χ1) is 16.5. The van der Waals surface area contributed by atoms with Gasteiger partial charge in [-0.15, -0.1) is 0 Å². The molecule has 9 nitrogen and oxygen atoms in total. The molecule has 0 N–H and O–H groups in total. The number of aromatic nitrogens is 1. The van der Waals surface area contributed by atoms with Crippen LogP contribution >= 0.6 is 0 Å². The highest BCUT2D eigenvalue weighted by atomic mass is 16.7. The van der Waals surface area contributed by atoms with Crippen LogP contribution in [0.5, 0.6) is 17.2 Å². The zero-order chi connectivity index (χ0) is 23.7. The minimum absolute atomic E-state index is 0.0832. The second-order valence-electron chi connectivity index (χ2n) is 8.27. The summed E-state index contributed by atoms with van der Waals surface area (Å²) in [5, 5.41) is 3.93. The topological polar surface area (TPSA) is 94.3 Å². The van der Waals surface area contributed by atoms with E-state index in [4.69, 9.17) is 18.7 Å². The van der Waals surface area contributed by atoms with Crippen molar-refractivity contribution in [3.8, 4) is 17.2 Å². The van der Waals surface area contributed by atoms with Gasteiger partial charge in [-0.2, -0.15) is 0 Å². The van der Waals surface area contributed by atoms with Crippen molar-refractivity contribution < 1.29 is 28.3 Å². The van der Waals surface area contributed by atoms with Gasteiger partial charge in [0.05, 0.1) is 11.3 Å². The van der Waals surface area contributed by atoms with Gasteiger partial charge in [-0.25, -0.2) is 0 Å². The monoisotopic (exact) mass is 463 g/mol. The van der Waals surface area contributed by atoms with Gasteiger partial charge < -0.3 is 28.5 Å². The van der Waals surface area contributed by atoms with E-state index in [0.29, 0.717) is 61.2 Å². The highest BCUT2D eigenvalue weighted by Gasteiger charge is 2.27. The van der Waals surface area contributed by atoms with Gasteiger partial charge in [0.1, 0.15) is 18.1 Å². The first-order valence-electron chi connectivity index (χ1n) is 11.1. The predicted octanol–water partition coefficient (Wildman–Crippen LogP) is 3.20. The summed E-state index contributed by atoms with van der Waals surface area (Å²) < 4.78 is 21.7. The molecule has 3 heterocycles. The molecule has 9 heteroatoms. The zero-order valence-corrected chi connectivity index (χ0v) is 19.1. The van der Waals surface area contributed by atoms with E-state index in [0.717, 1.165) is 17.0 Å². The van der Waals surface area contributed by atoms with Crippen molar-refractivity contribution in [2.24, 2.45) is 0 Å². The molecule has 0 aliphatic carbocycles. The fourth-order valence-corrected chi connectivity index (χ4v) is 4.09. The van der Waals surface area contributed by atoms with Crippen LogP contribution in [0.25, 0.3) is 0 Å². The molecule has 2 aromatic carbocycles. The molecular weight excluding hydrogens is 438 g/mol. The van der Waals surface area contributed by atoms with Crippen molar-refractivity contribution in [3.05, 3.63) is 70.6 Å². The van der Waals surface area contributed by atoms with E-state index in [2.05, 4.69) is 5.16 Å². The predicted molar refractivity (Wildman–Crippen MR) is 121 cm³/mol. The number of piperazine rings is 1. The van der Waals surface area contributed by atoms with Crippen molar-refractivity contribution in [2.45, 2.75) is 20.5 Å². The minimum Gasteiger partial charge on any atom is -0.489 e. The Bertz CT molecular complexity index is 1210. The average Bonchev–Trinajstić information content (AvgIpc) is 3.47. The van der Waals surface area contributed by atoms with E-state index in [-0.39, 0.29) is 18.6 Å². The van der Waals surface area contributed by atoms with Crippen LogP contribution in [0, 0.1) is 13.8 Å². The van der Waals surface area contributed by atoms with Gasteiger partial charge >= 0.3 is 0 Å². The third kappa shape index (κ3) is 4.28. The van der Waals surface area contributed by atoms with Gasteiger partial charge in [-0.05, 0) is 50.2 Å². The standard InChI is InChI=1S/C25H25N3O6/c1-16-21(17(2)34-26-16)14-31-20-5-3-4-18(12-20)24(29)27-8-10-28(11-9-27)25(30)19-6-7-22-23(13-19)33-15-32-22/h3-7,12-13H,8-11,14-15H2,1-2H3. The second kappa shape index (κ2) is 9.09. The highest BCUT2D eigenvalue weighted by molar-refractivity contribution is 5.96. The quantitative estimate of drug-likeness (QED) is 0.574. The van der Waals surface area contributed by atoms with Crippen LogP contribution in [0.3, 0.4) is 0 Å². The van der Waals surface area contributed by atoms with E-state index in [1.54, 1.807) is 46.2 Å². The maximum absolute atomic E-state index is 13.1. The molecule has 0 spiro atoms. The fourth-order valence-electron chi connectivity index (χ4n) is 4.09. The molecule has 2 amide bonds. The van der Waals surface area contributed by atoms with Crippen LogP contribution in [0.15, 0.2) is 47.0 Å². The molecule has 1 saturated heterocycles. The molecule has 5 rings (SSSR count). The van der Waals surface area contributed by atoms with Gasteiger partial charge in [0, 0.05) is 37.3 Å². The molecule has 1 fully saturated rings. The lowest BCUT2D eigenvalue weighted by atomic mass is 10.1. The lowest BCUT2D eigenvalue weighted by Crippen LogP contribution is -2.50. The zero-order valence-electron chi connectivity index (χ0n) is 19.1. The first kappa shape index (κ1) is 21.8. The molecule has 2 aliphatic rings. The van der Waals surface area contributed by atoms with E-state index >= 15 is 0 Å². The van der Waals surface area contributed by atoms with Crippen LogP contribution in [0.1, 0.15) is 37.7 Å². The van der Waals surface area contributed by atoms with Crippen LogP contribution < -0.4 is 14.2 Å². The number of carbonyl (C=O) groups excluding carboxylic acids is 2. The molecule has 0 unspecified atom stereocenters. The van der Waals surface area contributed by atoms with Crippen molar-refractivity contribution in [1.82, 2.24) is 15.0 Å². The van der Waals surface area contributed by atoms with Gasteiger partial charge in [-0.1, -0.05) is 11.2 Å². The summed E-state index contributed by atoms with van der Waals surface area (Å²) in [6.45, 7) is 6.03. The number of carbonyl (C=O) groups is 2. The Morgan fingerprint density at radius 2 is 1.59 bits per heavy atom. The minimum atomic E-state index is -0.0852. The maximum atomic E-state index is 13.1. The van der Waals surface area contributed by atoms with E-state index in [1.807, 2.05) is 19.9 Å². The molecule has 0 saturated carbocycles. The van der Waals surface area contributed by atoms with Gasteiger partial charge in [0.2, 0.25) is 6.79 Å².